The summed E-state index contributed by atoms with van der Waals surface area (Å²) in [5, 5.41) is 19.5. The molecule has 0 saturated carbocycles. The van der Waals surface area contributed by atoms with Gasteiger partial charge < -0.3 is 0 Å². The van der Waals surface area contributed by atoms with E-state index in [4.69, 9.17) is 29.2 Å². The fourth-order valence-electron chi connectivity index (χ4n) is 4.35. The maximum atomic E-state index is 12.4. The second-order valence-electron chi connectivity index (χ2n) is 9.69. The van der Waals surface area contributed by atoms with Crippen molar-refractivity contribution in [1.82, 2.24) is 0 Å². The Labute approximate surface area is 260 Å². The number of methoxy groups -OCH3 is 2. The van der Waals surface area contributed by atoms with E-state index in [-0.39, 0.29) is 66.3 Å². The van der Waals surface area contributed by atoms with Gasteiger partial charge in [-0.25, -0.2) is 0 Å². The van der Waals surface area contributed by atoms with Crippen LogP contribution in [0.2, 0.25) is 0 Å². The van der Waals surface area contributed by atoms with Crippen molar-refractivity contribution in [1.29, 1.82) is 0 Å². The first kappa shape index (κ1) is 32.4. The molecule has 228 valence electrons. The third kappa shape index (κ3) is 8.74. The van der Waals surface area contributed by atoms with Crippen LogP contribution in [-0.2, 0) is 9.59 Å². The van der Waals surface area contributed by atoms with E-state index in [2.05, 4.69) is 0 Å². The summed E-state index contributed by atoms with van der Waals surface area (Å²) in [5.74, 6) is 0.160. The molecule has 2 aromatic carbocycles. The molecule has 4 aromatic rings. The Balaban J connectivity index is 1.27. The summed E-state index contributed by atoms with van der Waals surface area (Å²) in [5.41, 5.74) is 0. The van der Waals surface area contributed by atoms with Gasteiger partial charge in [0.05, 0.1) is 0 Å². The summed E-state index contributed by atoms with van der Waals surface area (Å²) < 4.78 is 26.3. The summed E-state index contributed by atoms with van der Waals surface area (Å²) in [4.78, 5) is 46.4. The molecule has 43 heavy (non-hydrogen) atoms. The fourth-order valence-corrected chi connectivity index (χ4v) is 8.71. The Bertz CT molecular complexity index is 1510. The summed E-state index contributed by atoms with van der Waals surface area (Å²) >= 11 is -0.395. The third-order valence-electron chi connectivity index (χ3n) is 6.59. The van der Waals surface area contributed by atoms with E-state index in [1.165, 1.54) is 0 Å². The molecule has 10 nitrogen and oxygen atoms in total. The van der Waals surface area contributed by atoms with Crippen LogP contribution in [0.1, 0.15) is 63.4 Å². The van der Waals surface area contributed by atoms with E-state index in [1.54, 1.807) is 14.2 Å². The number of carbonyl (C=O) groups is 4. The summed E-state index contributed by atoms with van der Waals surface area (Å²) in [6.45, 7) is 0.949. The van der Waals surface area contributed by atoms with Gasteiger partial charge in [-0.2, -0.15) is 0 Å². The number of carboxylic acids is 2. The molecule has 2 aromatic heterocycles. The van der Waals surface area contributed by atoms with Crippen molar-refractivity contribution >= 4 is 71.8 Å². The van der Waals surface area contributed by atoms with E-state index in [0.717, 1.165) is 38.6 Å². The first-order chi connectivity index (χ1) is 20.7. The predicted molar refractivity (Wildman–Crippen MR) is 162 cm³/mol. The van der Waals surface area contributed by atoms with Gasteiger partial charge in [0, 0.05) is 0 Å². The van der Waals surface area contributed by atoms with Gasteiger partial charge in [-0.3, -0.25) is 0 Å². The molecule has 0 unspecified atom stereocenters. The molecule has 2 heterocycles. The Hall–Kier alpha value is -3.56. The van der Waals surface area contributed by atoms with Gasteiger partial charge in [0.25, 0.3) is 0 Å². The van der Waals surface area contributed by atoms with Crippen molar-refractivity contribution in [2.24, 2.45) is 0 Å². The standard InChI is InChI=1S/C31H32O10Se2/c1-38-22-16-26-18(14-28(42-26)20(32)6-8-30(34)35)12-24(22)40-10-4-3-5-11-41-25-13-19-15-29(21(33)7-9-31(36)37)43-27(19)17-23(25)39-2/h12-17H,3-11H2,1-2H3,(H,34,35)(H,36,37). The molecular weight excluding hydrogens is 690 g/mol. The second kappa shape index (κ2) is 15.3. The van der Waals surface area contributed by atoms with Crippen molar-refractivity contribution in [2.45, 2.75) is 44.9 Å². The van der Waals surface area contributed by atoms with E-state index in [0.29, 0.717) is 45.1 Å². The zero-order chi connectivity index (χ0) is 30.9. The van der Waals surface area contributed by atoms with Gasteiger partial charge in [-0.05, 0) is 0 Å². The quantitative estimate of drug-likeness (QED) is 0.0831. The van der Waals surface area contributed by atoms with E-state index in [1.807, 2.05) is 36.4 Å². The van der Waals surface area contributed by atoms with Crippen molar-refractivity contribution in [3.05, 3.63) is 45.3 Å². The van der Waals surface area contributed by atoms with Crippen LogP contribution in [0.4, 0.5) is 0 Å². The molecule has 0 amide bonds. The molecule has 0 aliphatic heterocycles. The van der Waals surface area contributed by atoms with Crippen LogP contribution in [0.5, 0.6) is 23.0 Å². The minimum atomic E-state index is -0.984. The van der Waals surface area contributed by atoms with E-state index >= 15 is 0 Å². The number of unbranched alkanes of at least 4 members (excludes halogenated alkanes) is 2. The average molecular weight is 723 g/mol. The van der Waals surface area contributed by atoms with Crippen LogP contribution in [0.3, 0.4) is 0 Å². The number of benzene rings is 2. The van der Waals surface area contributed by atoms with Gasteiger partial charge in [-0.1, -0.05) is 0 Å². The fraction of sp³-hybridized carbons (Fsp3) is 0.355. The zero-order valence-corrected chi connectivity index (χ0v) is 27.2. The summed E-state index contributed by atoms with van der Waals surface area (Å²) in [7, 11) is 3.14. The molecule has 0 radical (unpaired) electrons. The van der Waals surface area contributed by atoms with Crippen LogP contribution in [0, 0.1) is 0 Å². The molecule has 0 aliphatic rings. The summed E-state index contributed by atoms with van der Waals surface area (Å²) in [6.07, 6.45) is 2.08. The van der Waals surface area contributed by atoms with Crippen molar-refractivity contribution < 1.29 is 48.3 Å². The number of ether oxygens (including phenoxy) is 4. The molecule has 0 saturated heterocycles. The predicted octanol–water partition coefficient (Wildman–Crippen LogP) is 4.85. The van der Waals surface area contributed by atoms with E-state index < -0.39 is 11.9 Å². The molecule has 0 atom stereocenters. The van der Waals surface area contributed by atoms with Gasteiger partial charge in [0.1, 0.15) is 0 Å². The molecule has 0 fully saturated rings. The number of aliphatic carboxylic acids is 2. The minimum absolute atomic E-state index is 0.00374. The zero-order valence-electron chi connectivity index (χ0n) is 23.8. The van der Waals surface area contributed by atoms with Gasteiger partial charge in [0.2, 0.25) is 0 Å². The summed E-state index contributed by atoms with van der Waals surface area (Å²) in [6, 6.07) is 11.2. The maximum absolute atomic E-state index is 12.4. The third-order valence-corrected chi connectivity index (χ3v) is 11.4. The number of rotatable bonds is 18. The monoisotopic (exact) mass is 724 g/mol. The Morgan fingerprint density at radius 1 is 0.581 bits per heavy atom. The number of carbonyl (C=O) groups excluding carboxylic acids is 2. The molecule has 0 spiro atoms. The Kier molecular flexibility index (Phi) is 11.5. The number of hydrogen-bond donors (Lipinski definition) is 2. The van der Waals surface area contributed by atoms with Crippen LogP contribution in [-0.4, -0.2) is 90.2 Å². The van der Waals surface area contributed by atoms with Crippen LogP contribution in [0.15, 0.2) is 36.4 Å². The number of ketones is 2. The van der Waals surface area contributed by atoms with Crippen LogP contribution >= 0.6 is 0 Å². The number of hydrogen-bond acceptors (Lipinski definition) is 8. The Morgan fingerprint density at radius 3 is 1.37 bits per heavy atom. The van der Waals surface area contributed by atoms with Gasteiger partial charge in [0.15, 0.2) is 0 Å². The van der Waals surface area contributed by atoms with Crippen LogP contribution in [0.25, 0.3) is 19.3 Å². The molecular formula is C31H32O10Se2. The van der Waals surface area contributed by atoms with Crippen LogP contribution < -0.4 is 18.9 Å². The molecule has 4 rings (SSSR count). The van der Waals surface area contributed by atoms with Gasteiger partial charge >= 0.3 is 261 Å². The molecule has 0 bridgehead atoms. The molecule has 2 N–H and O–H groups in total. The normalized spacial score (nSPS) is 11.0. The topological polar surface area (TPSA) is 146 Å². The molecule has 0 aliphatic carbocycles. The second-order valence-corrected chi connectivity index (χ2v) is 14.2. The van der Waals surface area contributed by atoms with Crippen molar-refractivity contribution in [3.8, 4) is 23.0 Å². The van der Waals surface area contributed by atoms with Crippen molar-refractivity contribution in [3.63, 3.8) is 0 Å². The number of carboxylic acid groups (broad SMARTS) is 2. The van der Waals surface area contributed by atoms with Gasteiger partial charge in [-0.15, -0.1) is 0 Å². The van der Waals surface area contributed by atoms with Crippen molar-refractivity contribution in [2.75, 3.05) is 27.4 Å². The number of Topliss-reactive ketones (excluding diaryl/α,β-unsaturated/α-hetero) is 2. The average Bonchev–Trinajstić information content (AvgIpc) is 3.60. The molecule has 12 heteroatoms. The first-order valence-electron chi connectivity index (χ1n) is 13.7. The van der Waals surface area contributed by atoms with E-state index in [9.17, 15) is 19.2 Å². The number of fused-ring (bicyclic) bond motifs is 2. The first-order valence-corrected chi connectivity index (χ1v) is 17.1. The Morgan fingerprint density at radius 2 is 1.00 bits per heavy atom. The SMILES string of the molecule is COc1cc2[se]c(C(=O)CCC(=O)O)cc2cc1OCCCCCOc1cc2cc(C(=O)CCC(=O)O)[se]c2cc1OC.